The molecule has 0 aliphatic carbocycles. The van der Waals surface area contributed by atoms with Crippen molar-refractivity contribution in [3.8, 4) is 5.75 Å². The molecule has 9 heteroatoms. The van der Waals surface area contributed by atoms with Crippen molar-refractivity contribution in [3.63, 3.8) is 0 Å². The van der Waals surface area contributed by atoms with Gasteiger partial charge in [0.15, 0.2) is 0 Å². The monoisotopic (exact) mass is 531 g/mol. The summed E-state index contributed by atoms with van der Waals surface area (Å²) in [5, 5.41) is 2.96. The number of nitrogens with zero attached hydrogens (tertiary/aromatic N) is 2. The first-order valence-corrected chi connectivity index (χ1v) is 14.5. The van der Waals surface area contributed by atoms with Gasteiger partial charge in [-0.05, 0) is 75.4 Å². The zero-order valence-corrected chi connectivity index (χ0v) is 23.9. The average Bonchev–Trinajstić information content (AvgIpc) is 2.85. The van der Waals surface area contributed by atoms with Crippen molar-refractivity contribution in [3.05, 3.63) is 59.2 Å². The molecule has 0 fully saturated rings. The van der Waals surface area contributed by atoms with Crippen LogP contribution in [-0.4, -0.2) is 57.1 Å². The van der Waals surface area contributed by atoms with Gasteiger partial charge in [0.05, 0.1) is 19.1 Å². The van der Waals surface area contributed by atoms with Crippen molar-refractivity contribution >= 4 is 27.5 Å². The number of benzene rings is 2. The Bertz CT molecular complexity index is 1180. The van der Waals surface area contributed by atoms with Crippen molar-refractivity contribution in [1.29, 1.82) is 0 Å². The molecule has 204 valence electrons. The number of methoxy groups -OCH3 is 1. The number of nitrogens with one attached hydrogen (secondary N) is 1. The number of carbonyl (C=O) groups is 2. The van der Waals surface area contributed by atoms with Crippen LogP contribution in [0.15, 0.2) is 42.5 Å². The van der Waals surface area contributed by atoms with Gasteiger partial charge < -0.3 is 15.0 Å². The molecule has 0 aromatic heterocycles. The van der Waals surface area contributed by atoms with Crippen LogP contribution < -0.4 is 14.4 Å². The minimum absolute atomic E-state index is 0.00962. The molecule has 0 saturated carbocycles. The van der Waals surface area contributed by atoms with E-state index in [1.807, 2.05) is 64.1 Å². The normalized spacial score (nSPS) is 12.9. The molecule has 2 amide bonds. The van der Waals surface area contributed by atoms with Crippen LogP contribution in [0.5, 0.6) is 5.75 Å². The standard InChI is InChI=1S/C28H41N3O5S/c1-8-21(3)29-28(33)23(5)30(19-24-13-10-14-25(18-24)36-6)27(32)16-11-17-31(37(7,34)35)26-15-9-12-20(2)22(26)4/h9-10,12-15,18,21,23H,8,11,16-17,19H2,1-7H3,(H,29,33)/t21-,23+/m0/s1. The summed E-state index contributed by atoms with van der Waals surface area (Å²) in [6.45, 7) is 9.85. The van der Waals surface area contributed by atoms with Gasteiger partial charge in [0.1, 0.15) is 11.8 Å². The van der Waals surface area contributed by atoms with Crippen LogP contribution in [0.25, 0.3) is 0 Å². The second-order valence-corrected chi connectivity index (χ2v) is 11.4. The fourth-order valence-electron chi connectivity index (χ4n) is 4.00. The third-order valence-corrected chi connectivity index (χ3v) is 7.83. The Morgan fingerprint density at radius 3 is 2.38 bits per heavy atom. The molecule has 2 aromatic rings. The second-order valence-electron chi connectivity index (χ2n) is 9.52. The molecule has 0 spiro atoms. The van der Waals surface area contributed by atoms with Crippen molar-refractivity contribution in [2.24, 2.45) is 0 Å². The Labute approximate surface area is 222 Å². The Balaban J connectivity index is 2.23. The fourth-order valence-corrected chi connectivity index (χ4v) is 5.02. The van der Waals surface area contributed by atoms with Crippen LogP contribution in [0.1, 0.15) is 56.7 Å². The first kappa shape index (κ1) is 30.2. The van der Waals surface area contributed by atoms with Gasteiger partial charge >= 0.3 is 0 Å². The van der Waals surface area contributed by atoms with Crippen LogP contribution in [0.4, 0.5) is 5.69 Å². The molecule has 2 rings (SSSR count). The number of hydrogen-bond donors (Lipinski definition) is 1. The maximum Gasteiger partial charge on any atom is 0.242 e. The Morgan fingerprint density at radius 1 is 1.08 bits per heavy atom. The van der Waals surface area contributed by atoms with E-state index in [-0.39, 0.29) is 37.4 Å². The summed E-state index contributed by atoms with van der Waals surface area (Å²) >= 11 is 0. The third kappa shape index (κ3) is 8.49. The summed E-state index contributed by atoms with van der Waals surface area (Å²) in [5.74, 6) is 0.224. The zero-order valence-electron chi connectivity index (χ0n) is 23.1. The SMILES string of the molecule is CC[C@H](C)NC(=O)[C@@H](C)N(Cc1cccc(OC)c1)C(=O)CCCN(c1cccc(C)c1C)S(C)(=O)=O. The van der Waals surface area contributed by atoms with Gasteiger partial charge in [-0.15, -0.1) is 0 Å². The van der Waals surface area contributed by atoms with Gasteiger partial charge in [0.25, 0.3) is 0 Å². The Morgan fingerprint density at radius 2 is 1.76 bits per heavy atom. The molecule has 37 heavy (non-hydrogen) atoms. The number of amides is 2. The molecular formula is C28H41N3O5S. The van der Waals surface area contributed by atoms with E-state index in [1.165, 1.54) is 10.6 Å². The molecule has 1 N–H and O–H groups in total. The molecule has 2 aromatic carbocycles. The topological polar surface area (TPSA) is 96.0 Å². The van der Waals surface area contributed by atoms with Gasteiger partial charge in [0, 0.05) is 25.6 Å². The van der Waals surface area contributed by atoms with E-state index in [4.69, 9.17) is 4.74 Å². The lowest BCUT2D eigenvalue weighted by Gasteiger charge is -2.30. The summed E-state index contributed by atoms with van der Waals surface area (Å²) in [7, 11) is -1.97. The van der Waals surface area contributed by atoms with E-state index in [1.54, 1.807) is 25.0 Å². The van der Waals surface area contributed by atoms with Gasteiger partial charge in [-0.1, -0.05) is 31.2 Å². The number of rotatable bonds is 13. The van der Waals surface area contributed by atoms with E-state index in [0.717, 1.165) is 23.1 Å². The Kier molecular flexibility index (Phi) is 11.0. The average molecular weight is 532 g/mol. The molecule has 2 atom stereocenters. The second kappa shape index (κ2) is 13.5. The number of anilines is 1. The summed E-state index contributed by atoms with van der Waals surface area (Å²) < 4.78 is 31.9. The summed E-state index contributed by atoms with van der Waals surface area (Å²) in [6, 6.07) is 12.2. The molecular weight excluding hydrogens is 490 g/mol. The smallest absolute Gasteiger partial charge is 0.242 e. The summed E-state index contributed by atoms with van der Waals surface area (Å²) in [5.41, 5.74) is 3.33. The number of ether oxygens (including phenoxy) is 1. The largest absolute Gasteiger partial charge is 0.497 e. The van der Waals surface area contributed by atoms with Crippen LogP contribution in [0.2, 0.25) is 0 Å². The minimum atomic E-state index is -3.55. The highest BCUT2D eigenvalue weighted by Gasteiger charge is 2.27. The fraction of sp³-hybridized carbons (Fsp3) is 0.500. The van der Waals surface area contributed by atoms with Crippen molar-refractivity contribution in [1.82, 2.24) is 10.2 Å². The Hall–Kier alpha value is -3.07. The molecule has 0 radical (unpaired) electrons. The third-order valence-electron chi connectivity index (χ3n) is 6.65. The molecule has 0 unspecified atom stereocenters. The lowest BCUT2D eigenvalue weighted by atomic mass is 10.1. The van der Waals surface area contributed by atoms with Crippen LogP contribution in [0, 0.1) is 13.8 Å². The summed E-state index contributed by atoms with van der Waals surface area (Å²) in [6.07, 6.45) is 2.37. The van der Waals surface area contributed by atoms with Gasteiger partial charge in [-0.25, -0.2) is 8.42 Å². The van der Waals surface area contributed by atoms with Crippen molar-refractivity contribution in [2.45, 2.75) is 72.5 Å². The molecule has 0 bridgehead atoms. The highest BCUT2D eigenvalue weighted by atomic mass is 32.2. The quantitative estimate of drug-likeness (QED) is 0.418. The lowest BCUT2D eigenvalue weighted by molar-refractivity contribution is -0.140. The number of sulfonamides is 1. The molecule has 0 saturated heterocycles. The van der Waals surface area contributed by atoms with Crippen LogP contribution in [-0.2, 0) is 26.2 Å². The maximum absolute atomic E-state index is 13.4. The maximum atomic E-state index is 13.4. The molecule has 0 heterocycles. The predicted octanol–water partition coefficient (Wildman–Crippen LogP) is 4.19. The number of aryl methyl sites for hydroxylation is 1. The molecule has 0 aliphatic rings. The van der Waals surface area contributed by atoms with Crippen molar-refractivity contribution < 1.29 is 22.7 Å². The first-order chi connectivity index (χ1) is 17.4. The predicted molar refractivity (Wildman–Crippen MR) is 148 cm³/mol. The highest BCUT2D eigenvalue weighted by molar-refractivity contribution is 7.92. The highest BCUT2D eigenvalue weighted by Crippen LogP contribution is 2.25. The van der Waals surface area contributed by atoms with E-state index in [2.05, 4.69) is 5.32 Å². The van der Waals surface area contributed by atoms with E-state index >= 15 is 0 Å². The van der Waals surface area contributed by atoms with E-state index in [9.17, 15) is 18.0 Å². The minimum Gasteiger partial charge on any atom is -0.497 e. The van der Waals surface area contributed by atoms with E-state index in [0.29, 0.717) is 17.9 Å². The van der Waals surface area contributed by atoms with Gasteiger partial charge in [-0.3, -0.25) is 13.9 Å². The lowest BCUT2D eigenvalue weighted by Crippen LogP contribution is -2.49. The van der Waals surface area contributed by atoms with Gasteiger partial charge in [-0.2, -0.15) is 0 Å². The van der Waals surface area contributed by atoms with Crippen molar-refractivity contribution in [2.75, 3.05) is 24.2 Å². The van der Waals surface area contributed by atoms with Crippen LogP contribution in [0.3, 0.4) is 0 Å². The summed E-state index contributed by atoms with van der Waals surface area (Å²) in [4.78, 5) is 27.9. The molecule has 8 nitrogen and oxygen atoms in total. The van der Waals surface area contributed by atoms with Gasteiger partial charge in [0.2, 0.25) is 21.8 Å². The van der Waals surface area contributed by atoms with Crippen LogP contribution >= 0.6 is 0 Å². The first-order valence-electron chi connectivity index (χ1n) is 12.7. The zero-order chi connectivity index (χ0) is 27.8. The number of carbonyl (C=O) groups excluding carboxylic acids is 2. The number of hydrogen-bond acceptors (Lipinski definition) is 5. The molecule has 0 aliphatic heterocycles. The van der Waals surface area contributed by atoms with E-state index < -0.39 is 16.1 Å².